The van der Waals surface area contributed by atoms with E-state index in [1.807, 2.05) is 31.9 Å². The molecule has 0 saturated carbocycles. The Bertz CT molecular complexity index is 407. The molecule has 19 heavy (non-hydrogen) atoms. The fourth-order valence-corrected chi connectivity index (χ4v) is 2.19. The highest BCUT2D eigenvalue weighted by Crippen LogP contribution is 2.23. The summed E-state index contributed by atoms with van der Waals surface area (Å²) in [4.78, 5) is 14.0. The van der Waals surface area contributed by atoms with Crippen LogP contribution in [-0.2, 0) is 4.79 Å². The molecule has 0 aliphatic carbocycles. The highest BCUT2D eigenvalue weighted by Gasteiger charge is 2.19. The van der Waals surface area contributed by atoms with E-state index in [4.69, 9.17) is 0 Å². The summed E-state index contributed by atoms with van der Waals surface area (Å²) in [5, 5.41) is 12.6. The molecule has 0 bridgehead atoms. The second-order valence-corrected chi connectivity index (χ2v) is 4.66. The highest BCUT2D eigenvalue weighted by atomic mass is 16.3. The average Bonchev–Trinajstić information content (AvgIpc) is 2.39. The fourth-order valence-electron chi connectivity index (χ4n) is 2.19. The normalized spacial score (nSPS) is 12.2. The zero-order chi connectivity index (χ0) is 14.3. The van der Waals surface area contributed by atoms with Crippen LogP contribution in [0.2, 0.25) is 0 Å². The van der Waals surface area contributed by atoms with Crippen LogP contribution in [0.25, 0.3) is 0 Å². The van der Waals surface area contributed by atoms with Gasteiger partial charge in [-0.25, -0.2) is 0 Å². The van der Waals surface area contributed by atoms with Crippen molar-refractivity contribution in [1.82, 2.24) is 10.2 Å². The Morgan fingerprint density at radius 2 is 2.21 bits per heavy atom. The van der Waals surface area contributed by atoms with E-state index in [0.717, 1.165) is 18.5 Å². The summed E-state index contributed by atoms with van der Waals surface area (Å²) in [6, 6.07) is 7.09. The molecule has 0 radical (unpaired) electrons. The first-order valence-electron chi connectivity index (χ1n) is 6.83. The van der Waals surface area contributed by atoms with Gasteiger partial charge in [0.15, 0.2) is 0 Å². The standard InChI is InChI=1S/C15H24N2O2/c1-4-17(15(19)9-6-10-16-3)12(2)13-7-5-8-14(18)11-13/h5,7-8,11-12,16,18H,4,6,9-10H2,1-3H3. The van der Waals surface area contributed by atoms with Gasteiger partial charge in [-0.05, 0) is 51.6 Å². The molecule has 4 heteroatoms. The van der Waals surface area contributed by atoms with Crippen LogP contribution in [-0.4, -0.2) is 36.1 Å². The highest BCUT2D eigenvalue weighted by molar-refractivity contribution is 5.76. The van der Waals surface area contributed by atoms with Crippen molar-refractivity contribution in [2.75, 3.05) is 20.1 Å². The Hall–Kier alpha value is -1.55. The molecule has 4 nitrogen and oxygen atoms in total. The van der Waals surface area contributed by atoms with Crippen LogP contribution in [0.4, 0.5) is 0 Å². The number of carbonyl (C=O) groups excluding carboxylic acids is 1. The number of phenols is 1. The lowest BCUT2D eigenvalue weighted by Crippen LogP contribution is -2.33. The number of hydrogen-bond acceptors (Lipinski definition) is 3. The monoisotopic (exact) mass is 264 g/mol. The molecule has 1 amide bonds. The first-order chi connectivity index (χ1) is 9.10. The number of nitrogens with zero attached hydrogens (tertiary/aromatic N) is 1. The molecule has 1 aromatic carbocycles. The summed E-state index contributed by atoms with van der Waals surface area (Å²) in [5.41, 5.74) is 0.962. The topological polar surface area (TPSA) is 52.6 Å². The molecule has 0 aromatic heterocycles. The molecule has 0 heterocycles. The van der Waals surface area contributed by atoms with E-state index < -0.39 is 0 Å². The van der Waals surface area contributed by atoms with Crippen molar-refractivity contribution in [3.8, 4) is 5.75 Å². The van der Waals surface area contributed by atoms with E-state index in [1.54, 1.807) is 18.2 Å². The van der Waals surface area contributed by atoms with Crippen LogP contribution in [0.5, 0.6) is 5.75 Å². The second kappa shape index (κ2) is 7.79. The van der Waals surface area contributed by atoms with Gasteiger partial charge in [0.2, 0.25) is 5.91 Å². The number of hydrogen-bond donors (Lipinski definition) is 2. The summed E-state index contributed by atoms with van der Waals surface area (Å²) in [6.45, 7) is 5.50. The third-order valence-electron chi connectivity index (χ3n) is 3.30. The number of nitrogens with one attached hydrogen (secondary N) is 1. The maximum Gasteiger partial charge on any atom is 0.223 e. The summed E-state index contributed by atoms with van der Waals surface area (Å²) in [6.07, 6.45) is 1.40. The predicted molar refractivity (Wildman–Crippen MR) is 77.1 cm³/mol. The number of amides is 1. The Kier molecular flexibility index (Phi) is 6.36. The molecule has 0 saturated heterocycles. The van der Waals surface area contributed by atoms with Gasteiger partial charge in [-0.1, -0.05) is 12.1 Å². The van der Waals surface area contributed by atoms with E-state index in [-0.39, 0.29) is 17.7 Å². The summed E-state index contributed by atoms with van der Waals surface area (Å²) in [7, 11) is 1.89. The number of carbonyl (C=O) groups is 1. The van der Waals surface area contributed by atoms with Crippen molar-refractivity contribution in [3.63, 3.8) is 0 Å². The van der Waals surface area contributed by atoms with Gasteiger partial charge in [-0.15, -0.1) is 0 Å². The molecule has 0 fully saturated rings. The van der Waals surface area contributed by atoms with Crippen LogP contribution in [0.3, 0.4) is 0 Å². The zero-order valence-corrected chi connectivity index (χ0v) is 12.0. The number of benzene rings is 1. The quantitative estimate of drug-likeness (QED) is 0.743. The third kappa shape index (κ3) is 4.56. The van der Waals surface area contributed by atoms with Crippen molar-refractivity contribution in [2.45, 2.75) is 32.7 Å². The van der Waals surface area contributed by atoms with Crippen molar-refractivity contribution in [2.24, 2.45) is 0 Å². The zero-order valence-electron chi connectivity index (χ0n) is 12.0. The summed E-state index contributed by atoms with van der Waals surface area (Å²) >= 11 is 0. The molecular weight excluding hydrogens is 240 g/mol. The summed E-state index contributed by atoms with van der Waals surface area (Å²) in [5.74, 6) is 0.400. The van der Waals surface area contributed by atoms with Gasteiger partial charge in [0.05, 0.1) is 6.04 Å². The molecule has 0 spiro atoms. The Morgan fingerprint density at radius 3 is 2.79 bits per heavy atom. The smallest absolute Gasteiger partial charge is 0.223 e. The van der Waals surface area contributed by atoms with Crippen molar-refractivity contribution in [1.29, 1.82) is 0 Å². The molecular formula is C15H24N2O2. The van der Waals surface area contributed by atoms with E-state index in [9.17, 15) is 9.90 Å². The van der Waals surface area contributed by atoms with Crippen LogP contribution < -0.4 is 5.32 Å². The molecule has 0 aliphatic heterocycles. The van der Waals surface area contributed by atoms with E-state index in [1.165, 1.54) is 0 Å². The van der Waals surface area contributed by atoms with Gasteiger partial charge in [-0.3, -0.25) is 4.79 Å². The molecule has 106 valence electrons. The number of phenolic OH excluding ortho intramolecular Hbond substituents is 1. The van der Waals surface area contributed by atoms with Crippen LogP contribution in [0, 0.1) is 0 Å². The van der Waals surface area contributed by atoms with Crippen molar-refractivity contribution < 1.29 is 9.90 Å². The number of aromatic hydroxyl groups is 1. The largest absolute Gasteiger partial charge is 0.508 e. The predicted octanol–water partition coefficient (Wildman–Crippen LogP) is 2.30. The maximum atomic E-state index is 12.2. The van der Waals surface area contributed by atoms with E-state index >= 15 is 0 Å². The van der Waals surface area contributed by atoms with Gasteiger partial charge in [-0.2, -0.15) is 0 Å². The van der Waals surface area contributed by atoms with Gasteiger partial charge in [0.25, 0.3) is 0 Å². The molecule has 0 aliphatic rings. The van der Waals surface area contributed by atoms with Gasteiger partial charge >= 0.3 is 0 Å². The van der Waals surface area contributed by atoms with Crippen molar-refractivity contribution >= 4 is 5.91 Å². The van der Waals surface area contributed by atoms with E-state index in [2.05, 4.69) is 5.32 Å². The lowest BCUT2D eigenvalue weighted by molar-refractivity contribution is -0.133. The lowest BCUT2D eigenvalue weighted by Gasteiger charge is -2.28. The molecule has 1 aromatic rings. The summed E-state index contributed by atoms with van der Waals surface area (Å²) < 4.78 is 0. The SMILES string of the molecule is CCN(C(=O)CCCNC)C(C)c1cccc(O)c1. The van der Waals surface area contributed by atoms with Gasteiger partial charge < -0.3 is 15.3 Å². The van der Waals surface area contributed by atoms with Gasteiger partial charge in [0.1, 0.15) is 5.75 Å². The third-order valence-corrected chi connectivity index (χ3v) is 3.30. The minimum absolute atomic E-state index is 0.0146. The molecule has 2 N–H and O–H groups in total. The Labute approximate surface area is 115 Å². The second-order valence-electron chi connectivity index (χ2n) is 4.66. The average molecular weight is 264 g/mol. The molecule has 1 unspecified atom stereocenters. The number of rotatable bonds is 7. The Morgan fingerprint density at radius 1 is 1.47 bits per heavy atom. The lowest BCUT2D eigenvalue weighted by atomic mass is 10.1. The first-order valence-corrected chi connectivity index (χ1v) is 6.83. The van der Waals surface area contributed by atoms with Crippen LogP contribution >= 0.6 is 0 Å². The van der Waals surface area contributed by atoms with Crippen molar-refractivity contribution in [3.05, 3.63) is 29.8 Å². The van der Waals surface area contributed by atoms with Crippen LogP contribution in [0.15, 0.2) is 24.3 Å². The van der Waals surface area contributed by atoms with Crippen LogP contribution in [0.1, 0.15) is 38.3 Å². The van der Waals surface area contributed by atoms with Gasteiger partial charge in [0, 0.05) is 13.0 Å². The van der Waals surface area contributed by atoms with E-state index in [0.29, 0.717) is 13.0 Å². The first kappa shape index (κ1) is 15.5. The Balaban J connectivity index is 2.70. The molecule has 1 atom stereocenters. The fraction of sp³-hybridized carbons (Fsp3) is 0.533. The minimum Gasteiger partial charge on any atom is -0.508 e. The minimum atomic E-state index is -0.0146. The maximum absolute atomic E-state index is 12.2. The molecule has 1 rings (SSSR count).